The van der Waals surface area contributed by atoms with Crippen LogP contribution in [-0.2, 0) is 9.53 Å². The lowest BCUT2D eigenvalue weighted by molar-refractivity contribution is -0.137. The molecule has 0 saturated carbocycles. The fourth-order valence-corrected chi connectivity index (χ4v) is 4.53. The van der Waals surface area contributed by atoms with Crippen molar-refractivity contribution in [2.75, 3.05) is 13.2 Å². The van der Waals surface area contributed by atoms with Gasteiger partial charge >= 0.3 is 23.9 Å². The number of hydrogen-bond donors (Lipinski definition) is 1. The van der Waals surface area contributed by atoms with Gasteiger partial charge in [0.2, 0.25) is 0 Å². The van der Waals surface area contributed by atoms with Gasteiger partial charge in [-0.2, -0.15) is 0 Å². The lowest BCUT2D eigenvalue weighted by Gasteiger charge is -2.09. The number of esters is 3. The van der Waals surface area contributed by atoms with Crippen molar-refractivity contribution in [1.82, 2.24) is 0 Å². The van der Waals surface area contributed by atoms with Crippen LogP contribution < -0.4 is 14.2 Å². The maximum atomic E-state index is 12.6. The van der Waals surface area contributed by atoms with E-state index in [4.69, 9.17) is 24.1 Å². The molecule has 4 aromatic rings. The molecule has 4 aromatic carbocycles. The van der Waals surface area contributed by atoms with Crippen molar-refractivity contribution < 1.29 is 43.2 Å². The maximum Gasteiger partial charge on any atom is 0.343 e. The van der Waals surface area contributed by atoms with Crippen molar-refractivity contribution in [3.05, 3.63) is 126 Å². The molecule has 0 aromatic heterocycles. The SMILES string of the molecule is C=CC(=O)OCCCCCCCCOc1ccc(C(=O)Oc2ccc(C(=O)Oc3ccc(-c4ccc(C(=O)O)cc4)cc3)cc2)cc1. The summed E-state index contributed by atoms with van der Waals surface area (Å²) < 4.78 is 21.7. The fourth-order valence-electron chi connectivity index (χ4n) is 4.53. The molecule has 9 heteroatoms. The number of carbonyl (C=O) groups excluding carboxylic acids is 3. The van der Waals surface area contributed by atoms with Crippen LogP contribution in [0.4, 0.5) is 0 Å². The Balaban J connectivity index is 1.15. The molecule has 0 radical (unpaired) electrons. The van der Waals surface area contributed by atoms with Gasteiger partial charge in [0.05, 0.1) is 29.9 Å². The average molecular weight is 637 g/mol. The van der Waals surface area contributed by atoms with E-state index in [0.29, 0.717) is 30.3 Å². The summed E-state index contributed by atoms with van der Waals surface area (Å²) in [4.78, 5) is 47.3. The molecule has 9 nitrogen and oxygen atoms in total. The third-order valence-corrected chi connectivity index (χ3v) is 7.14. The minimum absolute atomic E-state index is 0.203. The normalized spacial score (nSPS) is 10.5. The maximum absolute atomic E-state index is 12.6. The Morgan fingerprint density at radius 3 is 1.43 bits per heavy atom. The number of carboxylic acids is 1. The smallest absolute Gasteiger partial charge is 0.343 e. The summed E-state index contributed by atoms with van der Waals surface area (Å²) in [5.74, 6) is -1.19. The van der Waals surface area contributed by atoms with E-state index in [1.54, 1.807) is 60.7 Å². The zero-order valence-electron chi connectivity index (χ0n) is 25.9. The molecule has 0 aliphatic carbocycles. The molecule has 0 unspecified atom stereocenters. The van der Waals surface area contributed by atoms with Crippen molar-refractivity contribution in [1.29, 1.82) is 0 Å². The van der Waals surface area contributed by atoms with E-state index in [1.807, 2.05) is 0 Å². The Morgan fingerprint density at radius 2 is 0.936 bits per heavy atom. The molecular formula is C38H36O9. The van der Waals surface area contributed by atoms with Gasteiger partial charge in [0, 0.05) is 6.08 Å². The van der Waals surface area contributed by atoms with Gasteiger partial charge in [-0.05, 0) is 96.8 Å². The van der Waals surface area contributed by atoms with Crippen LogP contribution in [0.15, 0.2) is 110 Å². The standard InChI is InChI=1S/C38H36O9/c1-2-35(39)45-26-8-6-4-3-5-7-25-44-32-19-15-30(16-20-32)37(42)47-34-23-17-31(18-24-34)38(43)46-33-21-13-28(14-22-33)27-9-11-29(12-10-27)36(40)41/h2,9-24H,1,3-8,25-26H2,(H,40,41). The molecule has 242 valence electrons. The number of benzene rings is 4. The van der Waals surface area contributed by atoms with Crippen LogP contribution in [0.5, 0.6) is 17.2 Å². The largest absolute Gasteiger partial charge is 0.494 e. The van der Waals surface area contributed by atoms with E-state index in [1.165, 1.54) is 42.5 Å². The predicted octanol–water partition coefficient (Wildman–Crippen LogP) is 7.94. The van der Waals surface area contributed by atoms with Crippen LogP contribution in [0, 0.1) is 0 Å². The first-order chi connectivity index (χ1) is 22.8. The van der Waals surface area contributed by atoms with Gasteiger partial charge in [-0.1, -0.05) is 56.5 Å². The summed E-state index contributed by atoms with van der Waals surface area (Å²) in [6.45, 7) is 4.37. The van der Waals surface area contributed by atoms with Gasteiger partial charge in [0.15, 0.2) is 0 Å². The van der Waals surface area contributed by atoms with Gasteiger partial charge in [0.25, 0.3) is 0 Å². The molecule has 0 aliphatic rings. The molecule has 0 bridgehead atoms. The highest BCUT2D eigenvalue weighted by Crippen LogP contribution is 2.24. The third-order valence-electron chi connectivity index (χ3n) is 7.14. The van der Waals surface area contributed by atoms with E-state index in [9.17, 15) is 19.2 Å². The van der Waals surface area contributed by atoms with Crippen molar-refractivity contribution in [2.45, 2.75) is 38.5 Å². The van der Waals surface area contributed by atoms with E-state index >= 15 is 0 Å². The molecule has 4 rings (SSSR count). The topological polar surface area (TPSA) is 125 Å². The zero-order chi connectivity index (χ0) is 33.4. The summed E-state index contributed by atoms with van der Waals surface area (Å²) in [6, 6.07) is 26.2. The number of unbranched alkanes of at least 4 members (excludes halogenated alkanes) is 5. The van der Waals surface area contributed by atoms with E-state index in [-0.39, 0.29) is 22.8 Å². The van der Waals surface area contributed by atoms with Crippen molar-refractivity contribution in [3.8, 4) is 28.4 Å². The summed E-state index contributed by atoms with van der Waals surface area (Å²) in [7, 11) is 0. The Morgan fingerprint density at radius 1 is 0.532 bits per heavy atom. The highest BCUT2D eigenvalue weighted by Gasteiger charge is 2.13. The molecule has 0 heterocycles. The summed E-state index contributed by atoms with van der Waals surface area (Å²) >= 11 is 0. The van der Waals surface area contributed by atoms with Crippen LogP contribution in [0.3, 0.4) is 0 Å². The zero-order valence-corrected chi connectivity index (χ0v) is 25.9. The van der Waals surface area contributed by atoms with Crippen LogP contribution in [0.2, 0.25) is 0 Å². The lowest BCUT2D eigenvalue weighted by Crippen LogP contribution is -2.10. The highest BCUT2D eigenvalue weighted by atomic mass is 16.5. The first kappa shape index (κ1) is 34.2. The predicted molar refractivity (Wildman–Crippen MR) is 176 cm³/mol. The number of hydrogen-bond acceptors (Lipinski definition) is 8. The van der Waals surface area contributed by atoms with Gasteiger partial charge in [-0.3, -0.25) is 0 Å². The van der Waals surface area contributed by atoms with E-state index in [0.717, 1.165) is 49.7 Å². The van der Waals surface area contributed by atoms with E-state index in [2.05, 4.69) is 6.58 Å². The molecule has 0 fully saturated rings. The average Bonchev–Trinajstić information content (AvgIpc) is 3.09. The quantitative estimate of drug-likeness (QED) is 0.0532. The second-order valence-corrected chi connectivity index (χ2v) is 10.6. The molecule has 0 spiro atoms. The van der Waals surface area contributed by atoms with Crippen molar-refractivity contribution >= 4 is 23.9 Å². The van der Waals surface area contributed by atoms with Crippen molar-refractivity contribution in [2.24, 2.45) is 0 Å². The lowest BCUT2D eigenvalue weighted by atomic mass is 10.0. The van der Waals surface area contributed by atoms with Gasteiger partial charge in [-0.15, -0.1) is 0 Å². The Labute approximate surface area is 273 Å². The third kappa shape index (κ3) is 11.0. The van der Waals surface area contributed by atoms with Crippen LogP contribution in [0.25, 0.3) is 11.1 Å². The Hall–Kier alpha value is -5.70. The number of ether oxygens (including phenoxy) is 4. The van der Waals surface area contributed by atoms with Crippen molar-refractivity contribution in [3.63, 3.8) is 0 Å². The Kier molecular flexibility index (Phi) is 12.9. The summed E-state index contributed by atoms with van der Waals surface area (Å²) in [6.07, 6.45) is 7.12. The first-order valence-corrected chi connectivity index (χ1v) is 15.3. The molecular weight excluding hydrogens is 600 g/mol. The second-order valence-electron chi connectivity index (χ2n) is 10.6. The molecule has 47 heavy (non-hydrogen) atoms. The van der Waals surface area contributed by atoms with Crippen LogP contribution in [0.1, 0.15) is 69.6 Å². The minimum atomic E-state index is -0.990. The number of aromatic carboxylic acids is 1. The first-order valence-electron chi connectivity index (χ1n) is 15.3. The minimum Gasteiger partial charge on any atom is -0.494 e. The molecule has 0 aliphatic heterocycles. The van der Waals surface area contributed by atoms with E-state index < -0.39 is 17.9 Å². The number of rotatable bonds is 17. The van der Waals surface area contributed by atoms with Gasteiger partial charge in [-0.25, -0.2) is 19.2 Å². The highest BCUT2D eigenvalue weighted by molar-refractivity contribution is 5.93. The Bertz CT molecular complexity index is 1640. The number of carboxylic acid groups (broad SMARTS) is 1. The summed E-state index contributed by atoms with van der Waals surface area (Å²) in [5, 5.41) is 9.06. The molecule has 0 atom stereocenters. The fraction of sp³-hybridized carbons (Fsp3) is 0.211. The molecule has 0 saturated heterocycles. The molecule has 0 amide bonds. The van der Waals surface area contributed by atoms with Gasteiger partial charge < -0.3 is 24.1 Å². The van der Waals surface area contributed by atoms with Crippen LogP contribution >= 0.6 is 0 Å². The monoisotopic (exact) mass is 636 g/mol. The second kappa shape index (κ2) is 17.7. The number of carbonyl (C=O) groups is 4. The molecule has 1 N–H and O–H groups in total. The van der Waals surface area contributed by atoms with Gasteiger partial charge in [0.1, 0.15) is 17.2 Å². The summed E-state index contributed by atoms with van der Waals surface area (Å²) in [5.41, 5.74) is 2.53. The van der Waals surface area contributed by atoms with Crippen LogP contribution in [-0.4, -0.2) is 42.2 Å².